The molecule has 1 aliphatic heterocycles. The van der Waals surface area contributed by atoms with Crippen LogP contribution in [-0.4, -0.2) is 32.1 Å². The van der Waals surface area contributed by atoms with Crippen LogP contribution in [0.3, 0.4) is 0 Å². The Balaban J connectivity index is 1.52. The minimum atomic E-state index is -0.198. The summed E-state index contributed by atoms with van der Waals surface area (Å²) in [4.78, 5) is 6.61. The van der Waals surface area contributed by atoms with Crippen molar-refractivity contribution in [2.24, 2.45) is 4.99 Å². The normalized spacial score (nSPS) is 17.8. The third-order valence-corrected chi connectivity index (χ3v) is 4.28. The number of guanidine groups is 1. The number of hydrogen-bond donors (Lipinski definition) is 2. The first kappa shape index (κ1) is 16.3. The van der Waals surface area contributed by atoms with E-state index in [0.29, 0.717) is 24.1 Å². The van der Waals surface area contributed by atoms with E-state index in [2.05, 4.69) is 44.8 Å². The van der Waals surface area contributed by atoms with E-state index in [0.717, 1.165) is 19.5 Å². The number of para-hydroxylation sites is 1. The van der Waals surface area contributed by atoms with Crippen molar-refractivity contribution in [3.63, 3.8) is 0 Å². The first-order chi connectivity index (χ1) is 11.8. The first-order valence-electron chi connectivity index (χ1n) is 8.27. The highest BCUT2D eigenvalue weighted by Crippen LogP contribution is 2.19. The molecule has 2 aromatic carbocycles. The van der Waals surface area contributed by atoms with E-state index in [1.165, 1.54) is 11.8 Å². The minimum absolute atomic E-state index is 0.198. The Bertz CT molecular complexity index is 687. The number of rotatable bonds is 4. The van der Waals surface area contributed by atoms with Crippen LogP contribution in [0.4, 0.5) is 10.1 Å². The maximum atomic E-state index is 13.7. The van der Waals surface area contributed by atoms with E-state index in [1.807, 2.05) is 12.1 Å². The Kier molecular flexibility index (Phi) is 5.31. The molecule has 1 heterocycles. The Labute approximate surface area is 142 Å². The minimum Gasteiger partial charge on any atom is -0.369 e. The highest BCUT2D eigenvalue weighted by atomic mass is 19.1. The molecule has 0 radical (unpaired) electrons. The van der Waals surface area contributed by atoms with Gasteiger partial charge in [0.25, 0.3) is 0 Å². The van der Waals surface area contributed by atoms with Crippen molar-refractivity contribution in [2.45, 2.75) is 19.0 Å². The van der Waals surface area contributed by atoms with Crippen LogP contribution in [0, 0.1) is 5.82 Å². The molecule has 4 nitrogen and oxygen atoms in total. The van der Waals surface area contributed by atoms with Crippen molar-refractivity contribution in [3.05, 3.63) is 66.0 Å². The van der Waals surface area contributed by atoms with Gasteiger partial charge in [-0.15, -0.1) is 0 Å². The second kappa shape index (κ2) is 7.81. The molecule has 1 atom stereocenters. The van der Waals surface area contributed by atoms with Gasteiger partial charge in [-0.2, -0.15) is 0 Å². The number of nitrogens with zero attached hydrogens (tertiary/aromatic N) is 2. The fraction of sp³-hybridized carbons (Fsp3) is 0.316. The predicted octanol–water partition coefficient (Wildman–Crippen LogP) is 2.77. The molecule has 24 heavy (non-hydrogen) atoms. The van der Waals surface area contributed by atoms with Crippen molar-refractivity contribution in [1.82, 2.24) is 10.6 Å². The van der Waals surface area contributed by atoms with Crippen LogP contribution >= 0.6 is 0 Å². The molecule has 0 aromatic heterocycles. The average molecular weight is 326 g/mol. The number of anilines is 1. The van der Waals surface area contributed by atoms with Gasteiger partial charge in [0.05, 0.1) is 0 Å². The zero-order valence-electron chi connectivity index (χ0n) is 13.9. The lowest BCUT2D eigenvalue weighted by Crippen LogP contribution is -2.44. The van der Waals surface area contributed by atoms with Crippen molar-refractivity contribution >= 4 is 11.6 Å². The Morgan fingerprint density at radius 3 is 2.67 bits per heavy atom. The highest BCUT2D eigenvalue weighted by Gasteiger charge is 2.23. The Hall–Kier alpha value is -2.56. The summed E-state index contributed by atoms with van der Waals surface area (Å²) in [6.45, 7) is 2.37. The molecule has 2 aromatic rings. The molecule has 0 spiro atoms. The van der Waals surface area contributed by atoms with E-state index in [1.54, 1.807) is 19.2 Å². The van der Waals surface area contributed by atoms with Gasteiger partial charge in [0, 0.05) is 44.0 Å². The molecular formula is C19H23FN4. The maximum absolute atomic E-state index is 13.7. The quantitative estimate of drug-likeness (QED) is 0.670. The summed E-state index contributed by atoms with van der Waals surface area (Å²) in [5.41, 5.74) is 1.88. The van der Waals surface area contributed by atoms with Gasteiger partial charge in [0.15, 0.2) is 5.96 Å². The largest absolute Gasteiger partial charge is 0.369 e. The number of hydrogen-bond acceptors (Lipinski definition) is 2. The SMILES string of the molecule is CN=C(NCc1ccccc1F)NC1CCN(c2ccccc2)C1. The van der Waals surface area contributed by atoms with Gasteiger partial charge < -0.3 is 15.5 Å². The summed E-state index contributed by atoms with van der Waals surface area (Å²) in [6, 6.07) is 17.5. The standard InChI is InChI=1S/C19H23FN4/c1-21-19(22-13-15-7-5-6-10-18(15)20)23-16-11-12-24(14-16)17-8-3-2-4-9-17/h2-10,16H,11-14H2,1H3,(H2,21,22,23). The number of aliphatic imine (C=N–C) groups is 1. The van der Waals surface area contributed by atoms with Crippen molar-refractivity contribution in [3.8, 4) is 0 Å². The lowest BCUT2D eigenvalue weighted by molar-refractivity contribution is 0.601. The molecule has 1 saturated heterocycles. The van der Waals surface area contributed by atoms with Gasteiger partial charge in [0.1, 0.15) is 5.82 Å². The van der Waals surface area contributed by atoms with Gasteiger partial charge in [-0.25, -0.2) is 4.39 Å². The van der Waals surface area contributed by atoms with E-state index in [4.69, 9.17) is 0 Å². The van der Waals surface area contributed by atoms with E-state index < -0.39 is 0 Å². The van der Waals surface area contributed by atoms with Crippen molar-refractivity contribution in [2.75, 3.05) is 25.0 Å². The van der Waals surface area contributed by atoms with Crippen LogP contribution in [0.2, 0.25) is 0 Å². The Morgan fingerprint density at radius 1 is 1.17 bits per heavy atom. The van der Waals surface area contributed by atoms with E-state index >= 15 is 0 Å². The van der Waals surface area contributed by atoms with Crippen LogP contribution < -0.4 is 15.5 Å². The molecule has 0 saturated carbocycles. The fourth-order valence-electron chi connectivity index (χ4n) is 2.96. The predicted molar refractivity (Wildman–Crippen MR) is 96.8 cm³/mol. The second-order valence-corrected chi connectivity index (χ2v) is 5.93. The molecule has 1 aliphatic rings. The van der Waals surface area contributed by atoms with Gasteiger partial charge in [0.2, 0.25) is 0 Å². The summed E-state index contributed by atoms with van der Waals surface area (Å²) in [5.74, 6) is 0.509. The van der Waals surface area contributed by atoms with Gasteiger partial charge in [-0.3, -0.25) is 4.99 Å². The third kappa shape index (κ3) is 4.04. The lowest BCUT2D eigenvalue weighted by atomic mass is 10.2. The molecule has 0 bridgehead atoms. The lowest BCUT2D eigenvalue weighted by Gasteiger charge is -2.20. The van der Waals surface area contributed by atoms with Crippen molar-refractivity contribution in [1.29, 1.82) is 0 Å². The Morgan fingerprint density at radius 2 is 1.92 bits per heavy atom. The fourth-order valence-corrected chi connectivity index (χ4v) is 2.96. The van der Waals surface area contributed by atoms with Crippen molar-refractivity contribution < 1.29 is 4.39 Å². The molecule has 0 amide bonds. The summed E-state index contributed by atoms with van der Waals surface area (Å²) in [5, 5.41) is 6.62. The molecule has 5 heteroatoms. The van der Waals surface area contributed by atoms with Crippen LogP contribution in [0.25, 0.3) is 0 Å². The van der Waals surface area contributed by atoms with Crippen LogP contribution in [0.15, 0.2) is 59.6 Å². The first-order valence-corrected chi connectivity index (χ1v) is 8.27. The number of nitrogens with one attached hydrogen (secondary N) is 2. The summed E-state index contributed by atoms with van der Waals surface area (Å²) in [6.07, 6.45) is 1.05. The second-order valence-electron chi connectivity index (χ2n) is 5.93. The number of benzene rings is 2. The van der Waals surface area contributed by atoms with E-state index in [-0.39, 0.29) is 5.82 Å². The third-order valence-electron chi connectivity index (χ3n) is 4.28. The van der Waals surface area contributed by atoms with Gasteiger partial charge in [-0.1, -0.05) is 36.4 Å². The maximum Gasteiger partial charge on any atom is 0.191 e. The number of halogens is 1. The zero-order valence-corrected chi connectivity index (χ0v) is 13.9. The van der Waals surface area contributed by atoms with Crippen LogP contribution in [-0.2, 0) is 6.54 Å². The molecule has 0 aliphatic carbocycles. The monoisotopic (exact) mass is 326 g/mol. The highest BCUT2D eigenvalue weighted by molar-refractivity contribution is 5.80. The molecule has 3 rings (SSSR count). The average Bonchev–Trinajstić information content (AvgIpc) is 3.09. The van der Waals surface area contributed by atoms with Crippen LogP contribution in [0.1, 0.15) is 12.0 Å². The summed E-state index contributed by atoms with van der Waals surface area (Å²) < 4.78 is 13.7. The van der Waals surface area contributed by atoms with E-state index in [9.17, 15) is 4.39 Å². The molecular weight excluding hydrogens is 303 g/mol. The zero-order chi connectivity index (χ0) is 16.8. The van der Waals surface area contributed by atoms with Crippen LogP contribution in [0.5, 0.6) is 0 Å². The summed E-state index contributed by atoms with van der Waals surface area (Å²) in [7, 11) is 1.74. The molecule has 126 valence electrons. The van der Waals surface area contributed by atoms with Gasteiger partial charge >= 0.3 is 0 Å². The molecule has 1 unspecified atom stereocenters. The topological polar surface area (TPSA) is 39.7 Å². The smallest absolute Gasteiger partial charge is 0.191 e. The van der Waals surface area contributed by atoms with Gasteiger partial charge in [-0.05, 0) is 24.6 Å². The summed E-state index contributed by atoms with van der Waals surface area (Å²) >= 11 is 0. The molecule has 2 N–H and O–H groups in total. The molecule has 1 fully saturated rings.